The fourth-order valence-electron chi connectivity index (χ4n) is 4.37. The van der Waals surface area contributed by atoms with Crippen LogP contribution in [-0.2, 0) is 12.8 Å². The van der Waals surface area contributed by atoms with Crippen LogP contribution in [0.1, 0.15) is 33.8 Å². The highest BCUT2D eigenvalue weighted by atomic mass is 15.0. The summed E-state index contributed by atoms with van der Waals surface area (Å²) in [7, 11) is 0. The molecule has 2 aromatic carbocycles. The molecule has 2 aliphatic rings. The number of benzene rings is 2. The molecule has 22 heavy (non-hydrogen) atoms. The fraction of sp³-hybridized carbons (Fsp3) is 0.211. The Kier molecular flexibility index (Phi) is 2.30. The molecular formula is C19H17BN2. The molecule has 0 N–H and O–H groups in total. The Hall–Kier alpha value is -2.29. The topological polar surface area (TPSA) is 17.8 Å². The number of hydrogen-bond donors (Lipinski definition) is 0. The number of aryl methyl sites for hydroxylation is 2. The molecule has 0 saturated heterocycles. The predicted octanol–water partition coefficient (Wildman–Crippen LogP) is 1.96. The molecule has 106 valence electrons. The molecule has 3 heteroatoms. The highest BCUT2D eigenvalue weighted by Crippen LogP contribution is 2.25. The zero-order chi connectivity index (χ0) is 14.8. The van der Waals surface area contributed by atoms with Crippen molar-refractivity contribution >= 4 is 17.8 Å². The SMILES string of the molecule is Cc1cccc2c1B1c3c(cccc3Cc3ncc(C)n31)C2. The average Bonchev–Trinajstić information content (AvgIpc) is 2.88. The Morgan fingerprint density at radius 1 is 0.909 bits per heavy atom. The maximum absolute atomic E-state index is 4.67. The lowest BCUT2D eigenvalue weighted by atomic mass is 9.42. The van der Waals surface area contributed by atoms with Gasteiger partial charge in [0.2, 0.25) is 0 Å². The first kappa shape index (κ1) is 12.3. The van der Waals surface area contributed by atoms with Crippen LogP contribution in [0.4, 0.5) is 0 Å². The van der Waals surface area contributed by atoms with E-state index in [4.69, 9.17) is 0 Å². The second-order valence-electron chi connectivity index (χ2n) is 6.58. The van der Waals surface area contributed by atoms with Crippen LogP contribution in [0.3, 0.4) is 0 Å². The van der Waals surface area contributed by atoms with Crippen molar-refractivity contribution in [3.05, 3.63) is 76.4 Å². The van der Waals surface area contributed by atoms with Gasteiger partial charge in [-0.1, -0.05) is 42.0 Å². The van der Waals surface area contributed by atoms with Crippen LogP contribution in [0.5, 0.6) is 0 Å². The summed E-state index contributed by atoms with van der Waals surface area (Å²) in [5.41, 5.74) is 10.1. The third kappa shape index (κ3) is 1.44. The van der Waals surface area contributed by atoms with Gasteiger partial charge in [-0.15, -0.1) is 0 Å². The average molecular weight is 284 g/mol. The Balaban J connectivity index is 1.91. The number of hydrogen-bond acceptors (Lipinski definition) is 1. The maximum Gasteiger partial charge on any atom is 0.330 e. The van der Waals surface area contributed by atoms with E-state index in [1.165, 1.54) is 44.7 Å². The van der Waals surface area contributed by atoms with Gasteiger partial charge in [0, 0.05) is 18.3 Å². The van der Waals surface area contributed by atoms with Crippen molar-refractivity contribution in [1.82, 2.24) is 9.46 Å². The fourth-order valence-corrected chi connectivity index (χ4v) is 4.37. The molecule has 2 aliphatic heterocycles. The van der Waals surface area contributed by atoms with Gasteiger partial charge in [0.1, 0.15) is 5.82 Å². The molecule has 0 bridgehead atoms. The number of rotatable bonds is 0. The normalized spacial score (nSPS) is 14.4. The van der Waals surface area contributed by atoms with Crippen LogP contribution < -0.4 is 10.9 Å². The minimum atomic E-state index is 0.308. The molecule has 3 aromatic rings. The number of imidazole rings is 1. The highest BCUT2D eigenvalue weighted by Gasteiger charge is 2.38. The lowest BCUT2D eigenvalue weighted by Crippen LogP contribution is -2.59. The Bertz CT molecular complexity index is 906. The smallest absolute Gasteiger partial charge is 0.330 e. The molecule has 3 heterocycles. The van der Waals surface area contributed by atoms with Crippen molar-refractivity contribution in [1.29, 1.82) is 0 Å². The first-order chi connectivity index (χ1) is 10.7. The summed E-state index contributed by atoms with van der Waals surface area (Å²) < 4.78 is 2.46. The van der Waals surface area contributed by atoms with Gasteiger partial charge in [0.05, 0.1) is 0 Å². The first-order valence-corrected chi connectivity index (χ1v) is 7.96. The monoisotopic (exact) mass is 284 g/mol. The van der Waals surface area contributed by atoms with Gasteiger partial charge in [-0.25, -0.2) is 4.98 Å². The van der Waals surface area contributed by atoms with Crippen molar-refractivity contribution in [2.24, 2.45) is 0 Å². The molecule has 1 aromatic heterocycles. The van der Waals surface area contributed by atoms with Crippen molar-refractivity contribution < 1.29 is 0 Å². The quantitative estimate of drug-likeness (QED) is 0.397. The van der Waals surface area contributed by atoms with Gasteiger partial charge in [-0.3, -0.25) is 0 Å². The zero-order valence-corrected chi connectivity index (χ0v) is 12.9. The van der Waals surface area contributed by atoms with E-state index >= 15 is 0 Å². The third-order valence-electron chi connectivity index (χ3n) is 5.29. The van der Waals surface area contributed by atoms with Crippen LogP contribution in [0.25, 0.3) is 0 Å². The van der Waals surface area contributed by atoms with Crippen molar-refractivity contribution in [3.8, 4) is 0 Å². The van der Waals surface area contributed by atoms with Gasteiger partial charge in [-0.05, 0) is 47.9 Å². The van der Waals surface area contributed by atoms with E-state index in [0.717, 1.165) is 12.8 Å². The van der Waals surface area contributed by atoms with Crippen LogP contribution in [0.2, 0.25) is 0 Å². The maximum atomic E-state index is 4.67. The predicted molar refractivity (Wildman–Crippen MR) is 90.6 cm³/mol. The van der Waals surface area contributed by atoms with Crippen LogP contribution in [0.15, 0.2) is 42.6 Å². The number of nitrogens with zero attached hydrogens (tertiary/aromatic N) is 2. The molecule has 0 saturated carbocycles. The summed E-state index contributed by atoms with van der Waals surface area (Å²) >= 11 is 0. The van der Waals surface area contributed by atoms with E-state index in [2.05, 4.69) is 59.7 Å². The molecule has 0 spiro atoms. The second-order valence-corrected chi connectivity index (χ2v) is 6.58. The van der Waals surface area contributed by atoms with Gasteiger partial charge in [0.25, 0.3) is 0 Å². The molecule has 0 atom stereocenters. The lowest BCUT2D eigenvalue weighted by molar-refractivity contribution is 0.928. The molecule has 5 rings (SSSR count). The molecule has 0 unspecified atom stereocenters. The minimum absolute atomic E-state index is 0.308. The van der Waals surface area contributed by atoms with Gasteiger partial charge in [0.15, 0.2) is 0 Å². The molecule has 0 radical (unpaired) electrons. The van der Waals surface area contributed by atoms with Crippen LogP contribution >= 0.6 is 0 Å². The van der Waals surface area contributed by atoms with E-state index < -0.39 is 0 Å². The first-order valence-electron chi connectivity index (χ1n) is 7.96. The Morgan fingerprint density at radius 2 is 1.59 bits per heavy atom. The van der Waals surface area contributed by atoms with Gasteiger partial charge >= 0.3 is 6.85 Å². The Morgan fingerprint density at radius 3 is 2.41 bits per heavy atom. The molecule has 0 fully saturated rings. The molecule has 2 nitrogen and oxygen atoms in total. The second kappa shape index (κ2) is 4.13. The van der Waals surface area contributed by atoms with E-state index in [1.807, 2.05) is 6.20 Å². The van der Waals surface area contributed by atoms with E-state index in [1.54, 1.807) is 0 Å². The number of fused-ring (bicyclic) bond motifs is 4. The summed E-state index contributed by atoms with van der Waals surface area (Å²) in [6, 6.07) is 13.5. The van der Waals surface area contributed by atoms with Gasteiger partial charge < -0.3 is 4.48 Å². The summed E-state index contributed by atoms with van der Waals surface area (Å²) in [6.45, 7) is 4.73. The molecule has 0 aliphatic carbocycles. The van der Waals surface area contributed by atoms with Crippen LogP contribution in [0, 0.1) is 13.8 Å². The van der Waals surface area contributed by atoms with Crippen molar-refractivity contribution in [2.45, 2.75) is 26.7 Å². The van der Waals surface area contributed by atoms with E-state index in [0.29, 0.717) is 6.85 Å². The third-order valence-corrected chi connectivity index (χ3v) is 5.29. The molecule has 0 amide bonds. The van der Waals surface area contributed by atoms with E-state index in [9.17, 15) is 0 Å². The standard InChI is InChI=1S/C19H17BN2/c1-12-5-3-6-14-9-15-7-4-8-16-10-17-21-11-13(2)22(17)20(18(12)14)19(15)16/h3-8,11H,9-10H2,1-2H3. The Labute approximate surface area is 130 Å². The molecular weight excluding hydrogens is 267 g/mol. The summed E-state index contributed by atoms with van der Waals surface area (Å²) in [5, 5.41) is 0. The number of aromatic nitrogens is 2. The lowest BCUT2D eigenvalue weighted by Gasteiger charge is -2.34. The van der Waals surface area contributed by atoms with Crippen molar-refractivity contribution in [2.75, 3.05) is 0 Å². The summed E-state index contributed by atoms with van der Waals surface area (Å²) in [5.74, 6) is 1.20. The highest BCUT2D eigenvalue weighted by molar-refractivity contribution is 6.86. The minimum Gasteiger partial charge on any atom is -0.367 e. The largest absolute Gasteiger partial charge is 0.367 e. The van der Waals surface area contributed by atoms with Crippen LogP contribution in [-0.4, -0.2) is 16.3 Å². The summed E-state index contributed by atoms with van der Waals surface area (Å²) in [4.78, 5) is 4.67. The van der Waals surface area contributed by atoms with Crippen molar-refractivity contribution in [3.63, 3.8) is 0 Å². The zero-order valence-electron chi connectivity index (χ0n) is 12.9. The van der Waals surface area contributed by atoms with E-state index in [-0.39, 0.29) is 0 Å². The van der Waals surface area contributed by atoms with Gasteiger partial charge in [-0.2, -0.15) is 0 Å². The summed E-state index contributed by atoms with van der Waals surface area (Å²) in [6.07, 6.45) is 4.03.